The Labute approximate surface area is 174 Å². The lowest BCUT2D eigenvalue weighted by molar-refractivity contribution is 0.0978. The zero-order valence-electron chi connectivity index (χ0n) is 16.4. The number of rotatable bonds is 2. The summed E-state index contributed by atoms with van der Waals surface area (Å²) in [5.41, 5.74) is 18.1. The van der Waals surface area contributed by atoms with E-state index in [1.807, 2.05) is 6.92 Å². The summed E-state index contributed by atoms with van der Waals surface area (Å²) in [6.45, 7) is 2.03. The van der Waals surface area contributed by atoms with Crippen molar-refractivity contribution in [1.29, 1.82) is 0 Å². The Morgan fingerprint density at radius 1 is 0.967 bits per heavy atom. The Hall–Kier alpha value is -2.75. The molecule has 0 aromatic heterocycles. The molecule has 0 spiro atoms. The number of fused-ring (bicyclic) bond motifs is 2. The van der Waals surface area contributed by atoms with Crippen molar-refractivity contribution >= 4 is 33.1 Å². The minimum atomic E-state index is -4.85. The van der Waals surface area contributed by atoms with E-state index < -0.39 is 32.3 Å². The predicted octanol–water partition coefficient (Wildman–Crippen LogP) is 2.10. The molecule has 0 heterocycles. The first-order valence-corrected chi connectivity index (χ1v) is 11.1. The first kappa shape index (κ1) is 20.5. The van der Waals surface area contributed by atoms with Crippen molar-refractivity contribution in [2.24, 2.45) is 11.7 Å². The van der Waals surface area contributed by atoms with Crippen LogP contribution in [-0.2, 0) is 10.1 Å². The standard InChI is InChI=1S/C21H23N3O5S/c1-9-6-7-10(8-13(9)22)14-15-16(18(24)21(17(14)23)30(27,28)29)20(26)12-5-3-2-4-11(12)19(15)25/h2-5,9-10,13H,6-8,22-24H2,1H3,(H,27,28,29). The maximum Gasteiger partial charge on any atom is 0.298 e. The second-order valence-corrected chi connectivity index (χ2v) is 9.51. The molecule has 2 aliphatic rings. The summed E-state index contributed by atoms with van der Waals surface area (Å²) in [4.78, 5) is 25.9. The van der Waals surface area contributed by atoms with Crippen LogP contribution in [0.25, 0.3) is 0 Å². The average Bonchev–Trinajstić information content (AvgIpc) is 2.67. The highest BCUT2D eigenvalue weighted by molar-refractivity contribution is 7.86. The fourth-order valence-electron chi connectivity index (χ4n) is 4.73. The van der Waals surface area contributed by atoms with E-state index >= 15 is 0 Å². The Kier molecular flexibility index (Phi) is 4.72. The Morgan fingerprint density at radius 2 is 1.53 bits per heavy atom. The summed E-state index contributed by atoms with van der Waals surface area (Å²) in [7, 11) is -4.85. The quantitative estimate of drug-likeness (QED) is 0.355. The molecule has 1 fully saturated rings. The third-order valence-electron chi connectivity index (χ3n) is 6.36. The number of hydrogen-bond donors (Lipinski definition) is 4. The van der Waals surface area contributed by atoms with E-state index in [1.165, 1.54) is 6.07 Å². The van der Waals surface area contributed by atoms with Gasteiger partial charge in [0.25, 0.3) is 10.1 Å². The minimum absolute atomic E-state index is 0.0212. The topological polar surface area (TPSA) is 167 Å². The van der Waals surface area contributed by atoms with Gasteiger partial charge in [-0.1, -0.05) is 31.2 Å². The zero-order valence-corrected chi connectivity index (χ0v) is 17.2. The molecule has 0 bridgehead atoms. The third-order valence-corrected chi connectivity index (χ3v) is 7.32. The molecule has 8 nitrogen and oxygen atoms in total. The second-order valence-electron chi connectivity index (χ2n) is 8.15. The molecule has 2 aromatic rings. The summed E-state index contributed by atoms with van der Waals surface area (Å²) < 4.78 is 34.0. The fraction of sp³-hybridized carbons (Fsp3) is 0.333. The Morgan fingerprint density at radius 3 is 2.07 bits per heavy atom. The van der Waals surface area contributed by atoms with Crippen molar-refractivity contribution in [3.05, 3.63) is 52.1 Å². The van der Waals surface area contributed by atoms with Crippen molar-refractivity contribution in [3.8, 4) is 0 Å². The summed E-state index contributed by atoms with van der Waals surface area (Å²) in [5, 5.41) is 0. The normalized spacial score (nSPS) is 23.8. The van der Waals surface area contributed by atoms with Gasteiger partial charge in [-0.15, -0.1) is 0 Å². The molecular formula is C21H23N3O5S. The molecule has 0 radical (unpaired) electrons. The van der Waals surface area contributed by atoms with Crippen molar-refractivity contribution in [3.63, 3.8) is 0 Å². The molecular weight excluding hydrogens is 406 g/mol. The lowest BCUT2D eigenvalue weighted by atomic mass is 9.71. The van der Waals surface area contributed by atoms with Gasteiger partial charge in [0.1, 0.15) is 4.90 Å². The van der Waals surface area contributed by atoms with Gasteiger partial charge in [-0.25, -0.2) is 0 Å². The maximum absolute atomic E-state index is 13.4. The van der Waals surface area contributed by atoms with Gasteiger partial charge in [0.15, 0.2) is 11.6 Å². The van der Waals surface area contributed by atoms with Gasteiger partial charge in [-0.3, -0.25) is 14.1 Å². The number of ketones is 2. The number of carbonyl (C=O) groups excluding carboxylic acids is 2. The van der Waals surface area contributed by atoms with Gasteiger partial charge in [0, 0.05) is 22.7 Å². The first-order valence-electron chi connectivity index (χ1n) is 9.70. The summed E-state index contributed by atoms with van der Waals surface area (Å²) in [5.74, 6) is -1.10. The summed E-state index contributed by atoms with van der Waals surface area (Å²) in [6.07, 6.45) is 1.84. The molecule has 1 saturated carbocycles. The molecule has 0 amide bonds. The van der Waals surface area contributed by atoms with Crippen LogP contribution in [0, 0.1) is 5.92 Å². The first-order chi connectivity index (χ1) is 14.0. The fourth-order valence-corrected chi connectivity index (χ4v) is 5.49. The predicted molar refractivity (Wildman–Crippen MR) is 112 cm³/mol. The van der Waals surface area contributed by atoms with Crippen molar-refractivity contribution in [2.75, 3.05) is 11.5 Å². The van der Waals surface area contributed by atoms with Crippen molar-refractivity contribution in [1.82, 2.24) is 0 Å². The molecule has 30 heavy (non-hydrogen) atoms. The van der Waals surface area contributed by atoms with E-state index in [2.05, 4.69) is 0 Å². The summed E-state index contributed by atoms with van der Waals surface area (Å²) >= 11 is 0. The third kappa shape index (κ3) is 2.92. The van der Waals surface area contributed by atoms with Crippen molar-refractivity contribution in [2.45, 2.75) is 43.0 Å². The van der Waals surface area contributed by atoms with Gasteiger partial charge in [-0.05, 0) is 36.7 Å². The lowest BCUT2D eigenvalue weighted by Gasteiger charge is -2.35. The van der Waals surface area contributed by atoms with Gasteiger partial charge in [0.05, 0.1) is 16.9 Å². The average molecular weight is 429 g/mol. The molecule has 2 aromatic carbocycles. The largest absolute Gasteiger partial charge is 0.397 e. The second kappa shape index (κ2) is 6.90. The molecule has 9 heteroatoms. The van der Waals surface area contributed by atoms with Gasteiger partial charge in [0.2, 0.25) is 0 Å². The van der Waals surface area contributed by atoms with Crippen LogP contribution >= 0.6 is 0 Å². The van der Waals surface area contributed by atoms with Crippen LogP contribution in [0.1, 0.15) is 69.5 Å². The highest BCUT2D eigenvalue weighted by Crippen LogP contribution is 2.47. The monoisotopic (exact) mass is 429 g/mol. The highest BCUT2D eigenvalue weighted by atomic mass is 32.2. The molecule has 0 aliphatic heterocycles. The smallest absolute Gasteiger partial charge is 0.298 e. The number of nitrogen functional groups attached to an aromatic ring is 2. The van der Waals surface area contributed by atoms with Gasteiger partial charge < -0.3 is 17.2 Å². The van der Waals surface area contributed by atoms with Crippen molar-refractivity contribution < 1.29 is 22.6 Å². The van der Waals surface area contributed by atoms with Crippen LogP contribution in [0.5, 0.6) is 0 Å². The van der Waals surface area contributed by atoms with E-state index in [0.717, 1.165) is 6.42 Å². The highest BCUT2D eigenvalue weighted by Gasteiger charge is 2.41. The maximum atomic E-state index is 13.4. The van der Waals surface area contributed by atoms with Crippen LogP contribution in [0.4, 0.5) is 11.4 Å². The van der Waals surface area contributed by atoms with Crippen LogP contribution in [0.3, 0.4) is 0 Å². The number of hydrogen-bond acceptors (Lipinski definition) is 7. The van der Waals surface area contributed by atoms with Crippen LogP contribution in [0.2, 0.25) is 0 Å². The number of nitrogens with two attached hydrogens (primary N) is 3. The molecule has 3 unspecified atom stereocenters. The Balaban J connectivity index is 2.08. The minimum Gasteiger partial charge on any atom is -0.397 e. The van der Waals surface area contributed by atoms with Crippen LogP contribution in [-0.4, -0.2) is 30.6 Å². The molecule has 2 aliphatic carbocycles. The SMILES string of the molecule is CC1CCC(c2c(N)c(S(=O)(=O)O)c(N)c3c2C(=O)c2ccccc2C3=O)CC1N. The molecule has 0 saturated heterocycles. The lowest BCUT2D eigenvalue weighted by Crippen LogP contribution is -2.36. The van der Waals surface area contributed by atoms with E-state index in [-0.39, 0.29) is 51.4 Å². The van der Waals surface area contributed by atoms with Gasteiger partial charge in [-0.2, -0.15) is 8.42 Å². The number of benzene rings is 2. The van der Waals surface area contributed by atoms with Crippen LogP contribution < -0.4 is 17.2 Å². The number of carbonyl (C=O) groups is 2. The molecule has 3 atom stereocenters. The van der Waals surface area contributed by atoms with E-state index in [9.17, 15) is 22.6 Å². The van der Waals surface area contributed by atoms with E-state index in [4.69, 9.17) is 17.2 Å². The molecule has 4 rings (SSSR count). The number of anilines is 2. The summed E-state index contributed by atoms with van der Waals surface area (Å²) in [6, 6.07) is 6.10. The zero-order chi connectivity index (χ0) is 22.0. The Bertz CT molecular complexity index is 1210. The van der Waals surface area contributed by atoms with E-state index in [1.54, 1.807) is 18.2 Å². The van der Waals surface area contributed by atoms with Crippen LogP contribution in [0.15, 0.2) is 29.2 Å². The molecule has 7 N–H and O–H groups in total. The van der Waals surface area contributed by atoms with Gasteiger partial charge >= 0.3 is 0 Å². The van der Waals surface area contributed by atoms with E-state index in [0.29, 0.717) is 12.8 Å². The molecule has 158 valence electrons.